The minimum absolute atomic E-state index is 0.00507. The Morgan fingerprint density at radius 1 is 1.05 bits per heavy atom. The molecule has 6 nitrogen and oxygen atoms in total. The molecule has 0 radical (unpaired) electrons. The van der Waals surface area contributed by atoms with Gasteiger partial charge in [0.25, 0.3) is 5.91 Å². The largest absolute Gasteiger partial charge is 0.493 e. The number of methoxy groups -OCH3 is 1. The summed E-state index contributed by atoms with van der Waals surface area (Å²) in [5, 5.41) is 5.43. The summed E-state index contributed by atoms with van der Waals surface area (Å²) in [5.41, 5.74) is 0. The Hall–Kier alpha value is -2.24. The minimum atomic E-state index is -0.246. The summed E-state index contributed by atoms with van der Waals surface area (Å²) in [6.07, 6.45) is 0.491. The van der Waals surface area contributed by atoms with Crippen molar-refractivity contribution in [3.8, 4) is 11.5 Å². The number of nitrogens with one attached hydrogen (secondary N) is 2. The predicted octanol–water partition coefficient (Wildman–Crippen LogP) is 1.35. The molecule has 1 aromatic rings. The topological polar surface area (TPSA) is 76.7 Å². The zero-order valence-electron chi connectivity index (χ0n) is 13.3. The fourth-order valence-corrected chi connectivity index (χ4v) is 1.78. The first kappa shape index (κ1) is 17.8. The molecule has 0 bridgehead atoms. The summed E-state index contributed by atoms with van der Waals surface area (Å²) in [6, 6.07) is 7.13. The second-order valence-corrected chi connectivity index (χ2v) is 5.24. The van der Waals surface area contributed by atoms with Crippen LogP contribution in [0.3, 0.4) is 0 Å². The molecular weight excluding hydrogens is 284 g/mol. The van der Waals surface area contributed by atoms with Crippen LogP contribution in [0.15, 0.2) is 24.3 Å². The number of carbonyl (C=O) groups excluding carboxylic acids is 2. The van der Waals surface area contributed by atoms with Gasteiger partial charge in [-0.2, -0.15) is 0 Å². The molecule has 1 rings (SSSR count). The number of benzene rings is 1. The molecule has 6 heteroatoms. The smallest absolute Gasteiger partial charge is 0.258 e. The van der Waals surface area contributed by atoms with Gasteiger partial charge in [-0.3, -0.25) is 9.59 Å². The maximum Gasteiger partial charge on any atom is 0.258 e. The highest BCUT2D eigenvalue weighted by atomic mass is 16.5. The molecule has 0 fully saturated rings. The molecule has 0 unspecified atom stereocenters. The Labute approximate surface area is 131 Å². The molecule has 2 N–H and O–H groups in total. The lowest BCUT2D eigenvalue weighted by atomic mass is 10.1. The number of hydrogen-bond donors (Lipinski definition) is 2. The SMILES string of the molecule is COc1ccccc1OCC(=O)NCCNC(=O)CC(C)C. The van der Waals surface area contributed by atoms with E-state index in [-0.39, 0.29) is 18.4 Å². The maximum absolute atomic E-state index is 11.6. The van der Waals surface area contributed by atoms with Gasteiger partial charge in [0.1, 0.15) is 0 Å². The third-order valence-corrected chi connectivity index (χ3v) is 2.79. The van der Waals surface area contributed by atoms with Crippen molar-refractivity contribution in [2.45, 2.75) is 20.3 Å². The fourth-order valence-electron chi connectivity index (χ4n) is 1.78. The molecule has 0 atom stereocenters. The molecule has 0 aliphatic rings. The van der Waals surface area contributed by atoms with Crippen molar-refractivity contribution >= 4 is 11.8 Å². The number of hydrogen-bond acceptors (Lipinski definition) is 4. The minimum Gasteiger partial charge on any atom is -0.493 e. The number of amides is 2. The second-order valence-electron chi connectivity index (χ2n) is 5.24. The van der Waals surface area contributed by atoms with E-state index in [2.05, 4.69) is 10.6 Å². The standard InChI is InChI=1S/C16H24N2O4/c1-12(2)10-15(19)17-8-9-18-16(20)11-22-14-7-5-4-6-13(14)21-3/h4-7,12H,8-11H2,1-3H3,(H,17,19)(H,18,20). The second kappa shape index (κ2) is 9.65. The van der Waals surface area contributed by atoms with Crippen LogP contribution in [0.1, 0.15) is 20.3 Å². The number of carbonyl (C=O) groups is 2. The quantitative estimate of drug-likeness (QED) is 0.675. The van der Waals surface area contributed by atoms with Crippen molar-refractivity contribution in [1.82, 2.24) is 10.6 Å². The van der Waals surface area contributed by atoms with Crippen molar-refractivity contribution in [3.63, 3.8) is 0 Å². The molecule has 0 spiro atoms. The Morgan fingerprint density at radius 2 is 1.64 bits per heavy atom. The van der Waals surface area contributed by atoms with E-state index in [0.29, 0.717) is 36.9 Å². The van der Waals surface area contributed by atoms with E-state index in [1.807, 2.05) is 19.9 Å². The fraction of sp³-hybridized carbons (Fsp3) is 0.500. The Bertz CT molecular complexity index is 489. The lowest BCUT2D eigenvalue weighted by Gasteiger charge is -2.11. The van der Waals surface area contributed by atoms with Gasteiger partial charge < -0.3 is 20.1 Å². The van der Waals surface area contributed by atoms with Crippen molar-refractivity contribution in [1.29, 1.82) is 0 Å². The van der Waals surface area contributed by atoms with Crippen molar-refractivity contribution < 1.29 is 19.1 Å². The summed E-state index contributed by atoms with van der Waals surface area (Å²) in [6.45, 7) is 4.65. The summed E-state index contributed by atoms with van der Waals surface area (Å²) in [4.78, 5) is 23.1. The summed E-state index contributed by atoms with van der Waals surface area (Å²) < 4.78 is 10.5. The lowest BCUT2D eigenvalue weighted by molar-refractivity contribution is -0.124. The zero-order valence-corrected chi connectivity index (χ0v) is 13.3. The number of rotatable bonds is 9. The third-order valence-electron chi connectivity index (χ3n) is 2.79. The first-order valence-electron chi connectivity index (χ1n) is 7.32. The van der Waals surface area contributed by atoms with Gasteiger partial charge in [-0.15, -0.1) is 0 Å². The van der Waals surface area contributed by atoms with Crippen LogP contribution in [0, 0.1) is 5.92 Å². The van der Waals surface area contributed by atoms with E-state index in [4.69, 9.17) is 9.47 Å². The van der Waals surface area contributed by atoms with Crippen LogP contribution in [0.2, 0.25) is 0 Å². The van der Waals surface area contributed by atoms with Crippen LogP contribution in [0.5, 0.6) is 11.5 Å². The molecule has 122 valence electrons. The van der Waals surface area contributed by atoms with Gasteiger partial charge in [0.05, 0.1) is 7.11 Å². The highest BCUT2D eigenvalue weighted by molar-refractivity contribution is 5.78. The first-order chi connectivity index (χ1) is 10.5. The molecule has 0 heterocycles. The Balaban J connectivity index is 2.20. The first-order valence-corrected chi connectivity index (χ1v) is 7.32. The molecule has 22 heavy (non-hydrogen) atoms. The van der Waals surface area contributed by atoms with E-state index in [9.17, 15) is 9.59 Å². The molecular formula is C16H24N2O4. The summed E-state index contributed by atoms with van der Waals surface area (Å²) in [5.74, 6) is 1.17. The van der Waals surface area contributed by atoms with Crippen LogP contribution in [-0.4, -0.2) is 38.6 Å². The number of ether oxygens (including phenoxy) is 2. The van der Waals surface area contributed by atoms with Crippen LogP contribution in [0.25, 0.3) is 0 Å². The van der Waals surface area contributed by atoms with Crippen LogP contribution < -0.4 is 20.1 Å². The Morgan fingerprint density at radius 3 is 2.23 bits per heavy atom. The van der Waals surface area contributed by atoms with Crippen LogP contribution >= 0.6 is 0 Å². The van der Waals surface area contributed by atoms with Crippen LogP contribution in [-0.2, 0) is 9.59 Å². The molecule has 2 amide bonds. The molecule has 0 aliphatic carbocycles. The average Bonchev–Trinajstić information content (AvgIpc) is 2.49. The van der Waals surface area contributed by atoms with Gasteiger partial charge in [0, 0.05) is 19.5 Å². The average molecular weight is 308 g/mol. The summed E-state index contributed by atoms with van der Waals surface area (Å²) >= 11 is 0. The van der Waals surface area contributed by atoms with Crippen LogP contribution in [0.4, 0.5) is 0 Å². The van der Waals surface area contributed by atoms with Gasteiger partial charge in [0.2, 0.25) is 5.91 Å². The maximum atomic E-state index is 11.6. The van der Waals surface area contributed by atoms with Gasteiger partial charge in [-0.25, -0.2) is 0 Å². The highest BCUT2D eigenvalue weighted by Gasteiger charge is 2.07. The summed E-state index contributed by atoms with van der Waals surface area (Å²) in [7, 11) is 1.54. The van der Waals surface area contributed by atoms with Gasteiger partial charge in [0.15, 0.2) is 18.1 Å². The molecule has 0 aromatic heterocycles. The van der Waals surface area contributed by atoms with Gasteiger partial charge in [-0.05, 0) is 18.1 Å². The van der Waals surface area contributed by atoms with Crippen molar-refractivity contribution in [3.05, 3.63) is 24.3 Å². The lowest BCUT2D eigenvalue weighted by Crippen LogP contribution is -2.37. The molecule has 0 saturated carbocycles. The van der Waals surface area contributed by atoms with Crippen molar-refractivity contribution in [2.75, 3.05) is 26.8 Å². The zero-order chi connectivity index (χ0) is 16.4. The highest BCUT2D eigenvalue weighted by Crippen LogP contribution is 2.25. The van der Waals surface area contributed by atoms with E-state index in [1.54, 1.807) is 25.3 Å². The normalized spacial score (nSPS) is 10.2. The number of para-hydroxylation sites is 2. The molecule has 1 aromatic carbocycles. The van der Waals surface area contributed by atoms with Crippen molar-refractivity contribution in [2.24, 2.45) is 5.92 Å². The van der Waals surface area contributed by atoms with Gasteiger partial charge >= 0.3 is 0 Å². The predicted molar refractivity (Wildman–Crippen MR) is 84.0 cm³/mol. The van der Waals surface area contributed by atoms with E-state index in [0.717, 1.165) is 0 Å². The van der Waals surface area contributed by atoms with E-state index >= 15 is 0 Å². The monoisotopic (exact) mass is 308 g/mol. The molecule has 0 aliphatic heterocycles. The van der Waals surface area contributed by atoms with Gasteiger partial charge in [-0.1, -0.05) is 26.0 Å². The molecule has 0 saturated heterocycles. The van der Waals surface area contributed by atoms with E-state index in [1.165, 1.54) is 0 Å². The van der Waals surface area contributed by atoms with E-state index < -0.39 is 0 Å². The Kier molecular flexibility index (Phi) is 7.81. The third kappa shape index (κ3) is 6.97.